The number of nitrogens with zero attached hydrogens (tertiary/aromatic N) is 2. The molecule has 0 fully saturated rings. The van der Waals surface area contributed by atoms with Gasteiger partial charge in [0.15, 0.2) is 5.82 Å². The maximum atomic E-state index is 13.0. The number of nitriles is 1. The lowest BCUT2D eigenvalue weighted by Gasteiger charge is -2.10. The largest absolute Gasteiger partial charge is 0.396 e. The van der Waals surface area contributed by atoms with E-state index in [-0.39, 0.29) is 5.56 Å². The van der Waals surface area contributed by atoms with Crippen LogP contribution >= 0.6 is 0 Å². The van der Waals surface area contributed by atoms with E-state index in [2.05, 4.69) is 10.3 Å². The molecule has 1 heterocycles. The molecule has 0 radical (unpaired) electrons. The first kappa shape index (κ1) is 11.9. The second-order valence-corrected chi connectivity index (χ2v) is 3.88. The second-order valence-electron chi connectivity index (χ2n) is 3.88. The third-order valence-electron chi connectivity index (χ3n) is 2.41. The van der Waals surface area contributed by atoms with Crippen molar-refractivity contribution >= 4 is 17.2 Å². The number of nitrogens with two attached hydrogens (primary N) is 1. The summed E-state index contributed by atoms with van der Waals surface area (Å²) in [6.45, 7) is 1.88. The molecule has 4 nitrogen and oxygen atoms in total. The van der Waals surface area contributed by atoms with Gasteiger partial charge in [0, 0.05) is 6.20 Å². The van der Waals surface area contributed by atoms with Crippen LogP contribution in [0.1, 0.15) is 11.1 Å². The summed E-state index contributed by atoms with van der Waals surface area (Å²) in [4.78, 5) is 4.13. The van der Waals surface area contributed by atoms with Gasteiger partial charge in [-0.15, -0.1) is 0 Å². The number of hydrogen-bond acceptors (Lipinski definition) is 4. The van der Waals surface area contributed by atoms with Gasteiger partial charge in [-0.3, -0.25) is 0 Å². The highest BCUT2D eigenvalue weighted by Gasteiger charge is 2.07. The van der Waals surface area contributed by atoms with Crippen LogP contribution in [0.2, 0.25) is 0 Å². The van der Waals surface area contributed by atoms with Crippen molar-refractivity contribution in [2.75, 3.05) is 11.1 Å². The number of nitrogen functional groups attached to an aromatic ring is 1. The number of halogens is 1. The average Bonchev–Trinajstić information content (AvgIpc) is 2.34. The summed E-state index contributed by atoms with van der Waals surface area (Å²) in [7, 11) is 0. The topological polar surface area (TPSA) is 74.7 Å². The standard InChI is InChI=1S/C13H11FN4/c1-8-4-11(16)13(17-7-8)18-12-3-2-10(14)5-9(12)6-15/h2-5,7H,16H2,1H3,(H,17,18). The minimum atomic E-state index is -0.457. The lowest BCUT2D eigenvalue weighted by atomic mass is 10.2. The van der Waals surface area contributed by atoms with Crippen LogP contribution in [-0.4, -0.2) is 4.98 Å². The van der Waals surface area contributed by atoms with E-state index in [0.29, 0.717) is 17.2 Å². The third kappa shape index (κ3) is 2.38. The van der Waals surface area contributed by atoms with Crippen LogP contribution in [0.25, 0.3) is 0 Å². The van der Waals surface area contributed by atoms with Gasteiger partial charge >= 0.3 is 0 Å². The highest BCUT2D eigenvalue weighted by atomic mass is 19.1. The van der Waals surface area contributed by atoms with E-state index in [1.54, 1.807) is 12.3 Å². The first-order chi connectivity index (χ1) is 8.60. The molecule has 18 heavy (non-hydrogen) atoms. The van der Waals surface area contributed by atoms with Crippen molar-refractivity contribution in [3.05, 3.63) is 47.4 Å². The number of rotatable bonds is 2. The maximum Gasteiger partial charge on any atom is 0.153 e. The van der Waals surface area contributed by atoms with Crippen LogP contribution in [0.4, 0.5) is 21.6 Å². The van der Waals surface area contributed by atoms with Crippen molar-refractivity contribution in [1.82, 2.24) is 4.98 Å². The van der Waals surface area contributed by atoms with Crippen molar-refractivity contribution in [1.29, 1.82) is 5.26 Å². The summed E-state index contributed by atoms with van der Waals surface area (Å²) in [5.41, 5.74) is 7.91. The van der Waals surface area contributed by atoms with Crippen molar-refractivity contribution in [3.63, 3.8) is 0 Å². The molecule has 2 aromatic rings. The third-order valence-corrected chi connectivity index (χ3v) is 2.41. The van der Waals surface area contributed by atoms with E-state index < -0.39 is 5.82 Å². The van der Waals surface area contributed by atoms with Gasteiger partial charge < -0.3 is 11.1 Å². The van der Waals surface area contributed by atoms with Gasteiger partial charge in [0.05, 0.1) is 16.9 Å². The number of benzene rings is 1. The zero-order valence-corrected chi connectivity index (χ0v) is 9.74. The van der Waals surface area contributed by atoms with Crippen LogP contribution < -0.4 is 11.1 Å². The Hall–Kier alpha value is -2.61. The number of aromatic nitrogens is 1. The van der Waals surface area contributed by atoms with E-state index in [1.165, 1.54) is 12.1 Å². The fourth-order valence-corrected chi connectivity index (χ4v) is 1.54. The second kappa shape index (κ2) is 4.72. The number of anilines is 3. The van der Waals surface area contributed by atoms with Gasteiger partial charge in [-0.25, -0.2) is 9.37 Å². The summed E-state index contributed by atoms with van der Waals surface area (Å²) in [5, 5.41) is 11.8. The molecule has 0 aliphatic carbocycles. The normalized spacial score (nSPS) is 9.83. The van der Waals surface area contributed by atoms with E-state index in [0.717, 1.165) is 11.6 Å². The average molecular weight is 242 g/mol. The maximum absolute atomic E-state index is 13.0. The Bertz CT molecular complexity index is 631. The zero-order chi connectivity index (χ0) is 13.1. The number of aryl methyl sites for hydroxylation is 1. The Morgan fingerprint density at radius 1 is 1.39 bits per heavy atom. The van der Waals surface area contributed by atoms with Gasteiger partial charge in [-0.1, -0.05) is 0 Å². The van der Waals surface area contributed by atoms with Crippen molar-refractivity contribution in [2.45, 2.75) is 6.92 Å². The molecule has 0 amide bonds. The zero-order valence-electron chi connectivity index (χ0n) is 9.74. The fraction of sp³-hybridized carbons (Fsp3) is 0.0769. The van der Waals surface area contributed by atoms with Gasteiger partial charge in [0.2, 0.25) is 0 Å². The monoisotopic (exact) mass is 242 g/mol. The van der Waals surface area contributed by atoms with E-state index in [9.17, 15) is 4.39 Å². The summed E-state index contributed by atoms with van der Waals surface area (Å²) < 4.78 is 13.0. The van der Waals surface area contributed by atoms with Crippen LogP contribution in [0.5, 0.6) is 0 Å². The molecule has 0 bridgehead atoms. The number of hydrogen-bond donors (Lipinski definition) is 2. The number of nitrogens with one attached hydrogen (secondary N) is 1. The summed E-state index contributed by atoms with van der Waals surface area (Å²) in [6, 6.07) is 7.60. The van der Waals surface area contributed by atoms with E-state index >= 15 is 0 Å². The molecule has 0 saturated carbocycles. The molecule has 2 rings (SSSR count). The first-order valence-corrected chi connectivity index (χ1v) is 5.29. The van der Waals surface area contributed by atoms with Crippen LogP contribution in [0.3, 0.4) is 0 Å². The van der Waals surface area contributed by atoms with E-state index in [1.807, 2.05) is 13.0 Å². The Morgan fingerprint density at radius 2 is 2.17 bits per heavy atom. The molecule has 0 aliphatic rings. The summed E-state index contributed by atoms with van der Waals surface area (Å²) >= 11 is 0. The fourth-order valence-electron chi connectivity index (χ4n) is 1.54. The van der Waals surface area contributed by atoms with Crippen LogP contribution in [0, 0.1) is 24.1 Å². The Balaban J connectivity index is 2.37. The quantitative estimate of drug-likeness (QED) is 0.849. The minimum absolute atomic E-state index is 0.205. The molecule has 0 aliphatic heterocycles. The minimum Gasteiger partial charge on any atom is -0.396 e. The molecule has 0 atom stereocenters. The predicted octanol–water partition coefficient (Wildman–Crippen LogP) is 2.73. The highest BCUT2D eigenvalue weighted by molar-refractivity contribution is 5.72. The lowest BCUT2D eigenvalue weighted by Crippen LogP contribution is -2.01. The summed E-state index contributed by atoms with van der Waals surface area (Å²) in [5.74, 6) is -0.00866. The van der Waals surface area contributed by atoms with Gasteiger partial charge in [0.25, 0.3) is 0 Å². The Labute approximate surface area is 104 Å². The highest BCUT2D eigenvalue weighted by Crippen LogP contribution is 2.24. The predicted molar refractivity (Wildman–Crippen MR) is 67.8 cm³/mol. The molecule has 3 N–H and O–H groups in total. The Kier molecular flexibility index (Phi) is 3.11. The molecular formula is C13H11FN4. The summed E-state index contributed by atoms with van der Waals surface area (Å²) in [6.07, 6.45) is 1.66. The Morgan fingerprint density at radius 3 is 2.83 bits per heavy atom. The van der Waals surface area contributed by atoms with E-state index in [4.69, 9.17) is 11.0 Å². The molecule has 0 unspecified atom stereocenters. The molecule has 5 heteroatoms. The molecule has 1 aromatic carbocycles. The van der Waals surface area contributed by atoms with Crippen LogP contribution in [0.15, 0.2) is 30.5 Å². The smallest absolute Gasteiger partial charge is 0.153 e. The molecular weight excluding hydrogens is 231 g/mol. The SMILES string of the molecule is Cc1cnc(Nc2ccc(F)cc2C#N)c(N)c1. The molecule has 90 valence electrons. The lowest BCUT2D eigenvalue weighted by molar-refractivity contribution is 0.627. The molecule has 0 saturated heterocycles. The van der Waals surface area contributed by atoms with Crippen molar-refractivity contribution < 1.29 is 4.39 Å². The molecule has 0 spiro atoms. The van der Waals surface area contributed by atoms with Crippen LogP contribution in [-0.2, 0) is 0 Å². The van der Waals surface area contributed by atoms with Crippen molar-refractivity contribution in [2.24, 2.45) is 0 Å². The number of pyridine rings is 1. The molecule has 1 aromatic heterocycles. The van der Waals surface area contributed by atoms with Crippen molar-refractivity contribution in [3.8, 4) is 6.07 Å². The van der Waals surface area contributed by atoms with Gasteiger partial charge in [-0.2, -0.15) is 5.26 Å². The first-order valence-electron chi connectivity index (χ1n) is 5.29. The van der Waals surface area contributed by atoms with Gasteiger partial charge in [-0.05, 0) is 36.8 Å². The van der Waals surface area contributed by atoms with Gasteiger partial charge in [0.1, 0.15) is 11.9 Å².